The molecule has 1 amide bonds. The van der Waals surface area contributed by atoms with E-state index < -0.39 is 5.60 Å². The Morgan fingerprint density at radius 1 is 1.53 bits per heavy atom. The molecule has 1 N–H and O–H groups in total. The van der Waals surface area contributed by atoms with Crippen molar-refractivity contribution in [2.24, 2.45) is 0 Å². The van der Waals surface area contributed by atoms with Crippen molar-refractivity contribution in [1.82, 2.24) is 4.90 Å². The number of hydrogen-bond acceptors (Lipinski definition) is 3. The highest BCUT2D eigenvalue weighted by Gasteiger charge is 2.43. The van der Waals surface area contributed by atoms with Crippen LogP contribution in [0.25, 0.3) is 0 Å². The van der Waals surface area contributed by atoms with Crippen molar-refractivity contribution in [3.63, 3.8) is 0 Å². The molecule has 0 atom stereocenters. The van der Waals surface area contributed by atoms with Crippen LogP contribution in [0.2, 0.25) is 0 Å². The van der Waals surface area contributed by atoms with E-state index in [1.165, 1.54) is 10.4 Å². The topological polar surface area (TPSA) is 40.5 Å². The van der Waals surface area contributed by atoms with Crippen molar-refractivity contribution in [2.45, 2.75) is 39.2 Å². The van der Waals surface area contributed by atoms with Crippen LogP contribution in [-0.2, 0) is 0 Å². The SMILES string of the molecule is CCCC1(O)CN(C(=O)c2cc(C)c(C)s2)C1. The fraction of sp³-hybridized carbons (Fsp3) is 0.615. The molecule has 1 aromatic heterocycles. The van der Waals surface area contributed by atoms with Crippen LogP contribution in [0.3, 0.4) is 0 Å². The molecule has 2 rings (SSSR count). The minimum absolute atomic E-state index is 0.0620. The van der Waals surface area contributed by atoms with Crippen LogP contribution in [0.15, 0.2) is 6.07 Å². The lowest BCUT2D eigenvalue weighted by Gasteiger charge is -2.46. The van der Waals surface area contributed by atoms with Crippen LogP contribution in [0.1, 0.15) is 39.9 Å². The average molecular weight is 253 g/mol. The summed E-state index contributed by atoms with van der Waals surface area (Å²) in [6, 6.07) is 1.94. The van der Waals surface area contributed by atoms with Gasteiger partial charge in [0.05, 0.1) is 23.6 Å². The van der Waals surface area contributed by atoms with Crippen LogP contribution in [0.5, 0.6) is 0 Å². The first kappa shape index (κ1) is 12.6. The third kappa shape index (κ3) is 2.38. The van der Waals surface area contributed by atoms with Gasteiger partial charge in [-0.1, -0.05) is 13.3 Å². The zero-order valence-electron chi connectivity index (χ0n) is 10.6. The van der Waals surface area contributed by atoms with Crippen LogP contribution < -0.4 is 0 Å². The minimum atomic E-state index is -0.633. The molecule has 0 radical (unpaired) electrons. The third-order valence-corrected chi connectivity index (χ3v) is 4.49. The summed E-state index contributed by atoms with van der Waals surface area (Å²) in [6.07, 6.45) is 1.73. The molecule has 0 saturated carbocycles. The van der Waals surface area contributed by atoms with Crippen molar-refractivity contribution in [1.29, 1.82) is 0 Å². The average Bonchev–Trinajstić information content (AvgIpc) is 2.55. The molecule has 17 heavy (non-hydrogen) atoms. The molecule has 4 heteroatoms. The summed E-state index contributed by atoms with van der Waals surface area (Å²) in [7, 11) is 0. The number of rotatable bonds is 3. The van der Waals surface area contributed by atoms with Gasteiger partial charge in [0.25, 0.3) is 5.91 Å². The van der Waals surface area contributed by atoms with Crippen molar-refractivity contribution in [2.75, 3.05) is 13.1 Å². The highest BCUT2D eigenvalue weighted by Crippen LogP contribution is 2.29. The van der Waals surface area contributed by atoms with Gasteiger partial charge in [0.1, 0.15) is 0 Å². The largest absolute Gasteiger partial charge is 0.386 e. The molecule has 0 aromatic carbocycles. The number of thiophene rings is 1. The standard InChI is InChI=1S/C13H19NO2S/c1-4-5-13(16)7-14(8-13)12(15)11-6-9(2)10(3)17-11/h6,16H,4-5,7-8H2,1-3H3. The molecule has 1 aliphatic heterocycles. The Bertz CT molecular complexity index is 413. The number of carbonyl (C=O) groups is 1. The summed E-state index contributed by atoms with van der Waals surface area (Å²) in [5.41, 5.74) is 0.536. The van der Waals surface area contributed by atoms with Crippen LogP contribution in [0, 0.1) is 13.8 Å². The smallest absolute Gasteiger partial charge is 0.264 e. The summed E-state index contributed by atoms with van der Waals surface area (Å²) < 4.78 is 0. The number of β-amino-alcohol motifs (C(OH)–C–C–N with tert-alkyl or cyclic N) is 1. The number of hydrogen-bond donors (Lipinski definition) is 1. The molecular weight excluding hydrogens is 234 g/mol. The summed E-state index contributed by atoms with van der Waals surface area (Å²) in [6.45, 7) is 7.06. The van der Waals surface area contributed by atoms with Gasteiger partial charge in [-0.15, -0.1) is 11.3 Å². The second-order valence-electron chi connectivity index (χ2n) is 4.99. The third-order valence-electron chi connectivity index (χ3n) is 3.35. The van der Waals surface area contributed by atoms with E-state index in [4.69, 9.17) is 0 Å². The molecule has 0 bridgehead atoms. The minimum Gasteiger partial charge on any atom is -0.386 e. The highest BCUT2D eigenvalue weighted by atomic mass is 32.1. The summed E-state index contributed by atoms with van der Waals surface area (Å²) in [5.74, 6) is 0.0620. The molecular formula is C13H19NO2S. The van der Waals surface area contributed by atoms with Crippen LogP contribution in [-0.4, -0.2) is 34.6 Å². The molecule has 3 nitrogen and oxygen atoms in total. The lowest BCUT2D eigenvalue weighted by atomic mass is 9.89. The molecule has 1 saturated heterocycles. The van der Waals surface area contributed by atoms with Gasteiger partial charge in [-0.3, -0.25) is 4.79 Å². The van der Waals surface area contributed by atoms with Gasteiger partial charge >= 0.3 is 0 Å². The summed E-state index contributed by atoms with van der Waals surface area (Å²) in [4.78, 5) is 15.8. The van der Waals surface area contributed by atoms with Crippen molar-refractivity contribution in [3.05, 3.63) is 21.4 Å². The predicted molar refractivity (Wildman–Crippen MR) is 69.6 cm³/mol. The number of aryl methyl sites for hydroxylation is 2. The summed E-state index contributed by atoms with van der Waals surface area (Å²) in [5, 5.41) is 10.0. The Hall–Kier alpha value is -0.870. The molecule has 0 aliphatic carbocycles. The molecule has 94 valence electrons. The highest BCUT2D eigenvalue weighted by molar-refractivity contribution is 7.14. The van der Waals surface area contributed by atoms with E-state index in [9.17, 15) is 9.90 Å². The first-order chi connectivity index (χ1) is 7.95. The van der Waals surface area contributed by atoms with Gasteiger partial charge in [-0.25, -0.2) is 0 Å². The quantitative estimate of drug-likeness (QED) is 0.898. The van der Waals surface area contributed by atoms with E-state index in [0.717, 1.165) is 17.7 Å². The lowest BCUT2D eigenvalue weighted by Crippen LogP contribution is -2.63. The zero-order valence-corrected chi connectivity index (χ0v) is 11.4. The maximum Gasteiger partial charge on any atom is 0.264 e. The molecule has 1 fully saturated rings. The molecule has 2 heterocycles. The number of aliphatic hydroxyl groups is 1. The first-order valence-electron chi connectivity index (χ1n) is 6.04. The summed E-state index contributed by atoms with van der Waals surface area (Å²) >= 11 is 1.54. The Balaban J connectivity index is 2.00. The monoisotopic (exact) mass is 253 g/mol. The Kier molecular flexibility index (Phi) is 3.27. The maximum absolute atomic E-state index is 12.1. The Morgan fingerprint density at radius 2 is 2.18 bits per heavy atom. The predicted octanol–water partition coefficient (Wildman–Crippen LogP) is 2.35. The van der Waals surface area contributed by atoms with Crippen molar-refractivity contribution >= 4 is 17.2 Å². The first-order valence-corrected chi connectivity index (χ1v) is 6.85. The zero-order chi connectivity index (χ0) is 12.6. The molecule has 1 aliphatic rings. The van der Waals surface area contributed by atoms with Gasteiger partial charge in [-0.05, 0) is 31.9 Å². The normalized spacial score (nSPS) is 18.0. The Labute approximate surface area is 106 Å². The molecule has 0 spiro atoms. The van der Waals surface area contributed by atoms with Gasteiger partial charge in [-0.2, -0.15) is 0 Å². The maximum atomic E-state index is 12.1. The van der Waals surface area contributed by atoms with Gasteiger partial charge in [0.15, 0.2) is 0 Å². The van der Waals surface area contributed by atoms with E-state index in [1.54, 1.807) is 16.2 Å². The van der Waals surface area contributed by atoms with Crippen molar-refractivity contribution < 1.29 is 9.90 Å². The van der Waals surface area contributed by atoms with Gasteiger partial charge in [0, 0.05) is 4.88 Å². The molecule has 1 aromatic rings. The second-order valence-corrected chi connectivity index (χ2v) is 6.24. The van der Waals surface area contributed by atoms with E-state index in [-0.39, 0.29) is 5.91 Å². The van der Waals surface area contributed by atoms with E-state index in [0.29, 0.717) is 13.1 Å². The van der Waals surface area contributed by atoms with E-state index in [1.807, 2.05) is 19.9 Å². The fourth-order valence-corrected chi connectivity index (χ4v) is 3.27. The lowest BCUT2D eigenvalue weighted by molar-refractivity contribution is -0.0858. The van der Waals surface area contributed by atoms with Gasteiger partial charge in [0.2, 0.25) is 0 Å². The van der Waals surface area contributed by atoms with Crippen LogP contribution in [0.4, 0.5) is 0 Å². The number of likely N-dealkylation sites (tertiary alicyclic amines) is 1. The Morgan fingerprint density at radius 3 is 2.65 bits per heavy atom. The van der Waals surface area contributed by atoms with E-state index in [2.05, 4.69) is 6.92 Å². The number of nitrogens with zero attached hydrogens (tertiary/aromatic N) is 1. The second kappa shape index (κ2) is 4.42. The number of amides is 1. The van der Waals surface area contributed by atoms with Gasteiger partial charge < -0.3 is 10.0 Å². The van der Waals surface area contributed by atoms with Crippen molar-refractivity contribution in [3.8, 4) is 0 Å². The molecule has 0 unspecified atom stereocenters. The fourth-order valence-electron chi connectivity index (χ4n) is 2.27. The van der Waals surface area contributed by atoms with Crippen LogP contribution >= 0.6 is 11.3 Å². The van der Waals surface area contributed by atoms with E-state index >= 15 is 0 Å². The number of carbonyl (C=O) groups excluding carboxylic acids is 1.